The van der Waals surface area contributed by atoms with Crippen LogP contribution in [0.4, 0.5) is 0 Å². The lowest BCUT2D eigenvalue weighted by Crippen LogP contribution is -1.87. The summed E-state index contributed by atoms with van der Waals surface area (Å²) in [5.74, 6) is 2.23. The van der Waals surface area contributed by atoms with Crippen molar-refractivity contribution >= 4 is 20.0 Å². The van der Waals surface area contributed by atoms with Crippen LogP contribution in [0.1, 0.15) is 5.56 Å². The molecule has 15 heavy (non-hydrogen) atoms. The van der Waals surface area contributed by atoms with Crippen LogP contribution in [0.3, 0.4) is 0 Å². The summed E-state index contributed by atoms with van der Waals surface area (Å²) in [4.78, 5) is 0. The van der Waals surface area contributed by atoms with Gasteiger partial charge >= 0.3 is 0 Å². The van der Waals surface area contributed by atoms with Crippen molar-refractivity contribution in [3.05, 3.63) is 72.0 Å². The van der Waals surface area contributed by atoms with Gasteiger partial charge in [-0.1, -0.05) is 81.1 Å². The first-order valence-electron chi connectivity index (χ1n) is 4.98. The van der Waals surface area contributed by atoms with E-state index in [0.29, 0.717) is 0 Å². The molecule has 0 saturated carbocycles. The van der Waals surface area contributed by atoms with Crippen LogP contribution in [-0.4, -0.2) is 0 Å². The maximum atomic E-state index is 2.23. The minimum atomic E-state index is 0.749. The van der Waals surface area contributed by atoms with Gasteiger partial charge in [0.15, 0.2) is 0 Å². The van der Waals surface area contributed by atoms with Crippen molar-refractivity contribution in [1.29, 1.82) is 0 Å². The van der Waals surface area contributed by atoms with E-state index in [4.69, 9.17) is 0 Å². The van der Waals surface area contributed by atoms with Gasteiger partial charge in [0.2, 0.25) is 0 Å². The summed E-state index contributed by atoms with van der Waals surface area (Å²) in [6, 6.07) is 20.9. The number of hydrogen-bond donors (Lipinski definition) is 0. The molecule has 0 aliphatic carbocycles. The number of rotatable bonds is 3. The van der Waals surface area contributed by atoms with E-state index >= 15 is 0 Å². The molecule has 0 spiro atoms. The van der Waals surface area contributed by atoms with E-state index in [1.165, 1.54) is 10.9 Å². The molecule has 1 heteroatoms. The molecule has 0 aromatic heterocycles. The second kappa shape index (κ2) is 5.48. The second-order valence-electron chi connectivity index (χ2n) is 3.25. The third-order valence-electron chi connectivity index (χ3n) is 2.10. The van der Waals surface area contributed by atoms with Crippen LogP contribution in [0.5, 0.6) is 0 Å². The zero-order chi connectivity index (χ0) is 10.3. The molecule has 0 nitrogen and oxygen atoms in total. The lowest BCUT2D eigenvalue weighted by Gasteiger charge is -1.95. The van der Waals surface area contributed by atoms with Crippen LogP contribution in [0.2, 0.25) is 0 Å². The Morgan fingerprint density at radius 1 is 0.733 bits per heavy atom. The zero-order valence-electron chi connectivity index (χ0n) is 8.43. The molecule has 74 valence electrons. The number of benzene rings is 2. The summed E-state index contributed by atoms with van der Waals surface area (Å²) in [7, 11) is 0.749. The normalized spacial score (nSPS) is 11.5. The van der Waals surface area contributed by atoms with Crippen LogP contribution < -0.4 is 5.30 Å². The molecule has 0 fully saturated rings. The highest BCUT2D eigenvalue weighted by atomic mass is 31.1. The molecule has 0 amide bonds. The first-order valence-corrected chi connectivity index (χ1v) is 6.06. The summed E-state index contributed by atoms with van der Waals surface area (Å²) < 4.78 is 0. The van der Waals surface area contributed by atoms with Gasteiger partial charge in [-0.25, -0.2) is 0 Å². The topological polar surface area (TPSA) is 0 Å². The first kappa shape index (κ1) is 10.1. The third kappa shape index (κ3) is 3.34. The lowest BCUT2D eigenvalue weighted by atomic mass is 10.2. The van der Waals surface area contributed by atoms with Crippen LogP contribution in [-0.2, 0) is 0 Å². The molecule has 1 unspecified atom stereocenters. The number of hydrogen-bond acceptors (Lipinski definition) is 0. The smallest absolute Gasteiger partial charge is 0.0232 e. The molecule has 0 bridgehead atoms. The van der Waals surface area contributed by atoms with Gasteiger partial charge in [0.05, 0.1) is 0 Å². The predicted molar refractivity (Wildman–Crippen MR) is 69.9 cm³/mol. The molecule has 0 aliphatic heterocycles. The van der Waals surface area contributed by atoms with Crippen LogP contribution in [0.25, 0.3) is 6.08 Å². The third-order valence-corrected chi connectivity index (χ3v) is 3.10. The molecular formula is C14H13P. The van der Waals surface area contributed by atoms with E-state index < -0.39 is 0 Å². The molecule has 1 atom stereocenters. The Labute approximate surface area is 92.4 Å². The van der Waals surface area contributed by atoms with Crippen molar-refractivity contribution in [3.63, 3.8) is 0 Å². The van der Waals surface area contributed by atoms with Gasteiger partial charge in [-0.05, 0) is 10.9 Å². The van der Waals surface area contributed by atoms with E-state index in [9.17, 15) is 0 Å². The molecule has 2 aromatic rings. The molecular weight excluding hydrogens is 199 g/mol. The molecule has 0 N–H and O–H groups in total. The molecule has 2 aromatic carbocycles. The fourth-order valence-electron chi connectivity index (χ4n) is 1.33. The van der Waals surface area contributed by atoms with Gasteiger partial charge in [-0.2, -0.15) is 0 Å². The van der Waals surface area contributed by atoms with Crippen molar-refractivity contribution in [2.24, 2.45) is 0 Å². The standard InChI is InChI=1S/C14H13P/c1-3-7-13(8-4-1)11-12-15-14-9-5-2-6-10-14/h1-12,15H. The minimum absolute atomic E-state index is 0.749. The molecule has 2 rings (SSSR count). The molecule has 0 radical (unpaired) electrons. The van der Waals surface area contributed by atoms with Crippen LogP contribution >= 0.6 is 8.58 Å². The van der Waals surface area contributed by atoms with Crippen molar-refractivity contribution in [1.82, 2.24) is 0 Å². The molecule has 0 aliphatic rings. The summed E-state index contributed by atoms with van der Waals surface area (Å²) in [6.07, 6.45) is 2.17. The van der Waals surface area contributed by atoms with E-state index in [1.54, 1.807) is 0 Å². The summed E-state index contributed by atoms with van der Waals surface area (Å²) in [6.45, 7) is 0. The van der Waals surface area contributed by atoms with Crippen molar-refractivity contribution < 1.29 is 0 Å². The van der Waals surface area contributed by atoms with Crippen LogP contribution in [0.15, 0.2) is 66.5 Å². The Morgan fingerprint density at radius 3 is 2.00 bits per heavy atom. The average molecular weight is 212 g/mol. The monoisotopic (exact) mass is 212 g/mol. The van der Waals surface area contributed by atoms with E-state index in [2.05, 4.69) is 66.5 Å². The van der Waals surface area contributed by atoms with Gasteiger partial charge in [0.25, 0.3) is 0 Å². The fourth-order valence-corrected chi connectivity index (χ4v) is 2.19. The zero-order valence-corrected chi connectivity index (χ0v) is 9.43. The molecule has 0 saturated heterocycles. The van der Waals surface area contributed by atoms with Gasteiger partial charge in [-0.3, -0.25) is 0 Å². The van der Waals surface area contributed by atoms with Crippen molar-refractivity contribution in [2.75, 3.05) is 0 Å². The molecule has 0 heterocycles. The highest BCUT2D eigenvalue weighted by molar-refractivity contribution is 7.50. The summed E-state index contributed by atoms with van der Waals surface area (Å²) in [5, 5.41) is 1.38. The highest BCUT2D eigenvalue weighted by Crippen LogP contribution is 2.14. The van der Waals surface area contributed by atoms with E-state index in [0.717, 1.165) is 8.58 Å². The Kier molecular flexibility index (Phi) is 3.70. The SMILES string of the molecule is C(=Cc1ccccc1)Pc1ccccc1. The Morgan fingerprint density at radius 2 is 1.33 bits per heavy atom. The second-order valence-corrected chi connectivity index (χ2v) is 4.45. The van der Waals surface area contributed by atoms with Gasteiger partial charge in [0, 0.05) is 0 Å². The fraction of sp³-hybridized carbons (Fsp3) is 0. The highest BCUT2D eigenvalue weighted by Gasteiger charge is 1.86. The summed E-state index contributed by atoms with van der Waals surface area (Å²) >= 11 is 0. The Balaban J connectivity index is 1.97. The lowest BCUT2D eigenvalue weighted by molar-refractivity contribution is 1.67. The predicted octanol–water partition coefficient (Wildman–Crippen LogP) is 3.66. The largest absolute Gasteiger partial charge is 0.0669 e. The van der Waals surface area contributed by atoms with Gasteiger partial charge < -0.3 is 0 Å². The minimum Gasteiger partial charge on any atom is -0.0669 e. The average Bonchev–Trinajstić information content (AvgIpc) is 2.32. The van der Waals surface area contributed by atoms with Gasteiger partial charge in [0.1, 0.15) is 0 Å². The van der Waals surface area contributed by atoms with E-state index in [1.807, 2.05) is 6.07 Å². The Bertz CT molecular complexity index is 418. The first-order chi connectivity index (χ1) is 7.45. The van der Waals surface area contributed by atoms with Gasteiger partial charge in [-0.15, -0.1) is 0 Å². The van der Waals surface area contributed by atoms with E-state index in [-0.39, 0.29) is 0 Å². The van der Waals surface area contributed by atoms with Crippen molar-refractivity contribution in [2.45, 2.75) is 0 Å². The quantitative estimate of drug-likeness (QED) is 0.681. The maximum absolute atomic E-state index is 2.23. The maximum Gasteiger partial charge on any atom is -0.0232 e. The Hall–Kier alpha value is -1.39. The summed E-state index contributed by atoms with van der Waals surface area (Å²) in [5.41, 5.74) is 1.26. The van der Waals surface area contributed by atoms with Crippen molar-refractivity contribution in [3.8, 4) is 0 Å². The van der Waals surface area contributed by atoms with Crippen LogP contribution in [0, 0.1) is 0 Å².